The lowest BCUT2D eigenvalue weighted by Gasteiger charge is -2.21. The van der Waals surface area contributed by atoms with E-state index in [0.717, 1.165) is 18.3 Å². The average Bonchev–Trinajstić information content (AvgIpc) is 2.34. The van der Waals surface area contributed by atoms with E-state index in [1.54, 1.807) is 0 Å². The summed E-state index contributed by atoms with van der Waals surface area (Å²) in [4.78, 5) is 0. The van der Waals surface area contributed by atoms with Crippen LogP contribution in [0.2, 0.25) is 19.1 Å². The molecule has 0 amide bonds. The van der Waals surface area contributed by atoms with Crippen LogP contribution in [0, 0.1) is 0 Å². The van der Waals surface area contributed by atoms with E-state index in [2.05, 4.69) is 37.4 Å². The van der Waals surface area contributed by atoms with Gasteiger partial charge in [-0.25, -0.2) is 0 Å². The van der Waals surface area contributed by atoms with Crippen LogP contribution < -0.4 is 0 Å². The highest BCUT2D eigenvalue weighted by molar-refractivity contribution is 6.71. The van der Waals surface area contributed by atoms with Gasteiger partial charge in [0.2, 0.25) is 0 Å². The Balaban J connectivity index is 2.29. The zero-order valence-corrected chi connectivity index (χ0v) is 12.4. The van der Waals surface area contributed by atoms with Crippen molar-refractivity contribution in [3.8, 4) is 0 Å². The molecule has 1 aromatic carbocycles. The molecule has 0 unspecified atom stereocenters. The van der Waals surface area contributed by atoms with Crippen molar-refractivity contribution in [1.82, 2.24) is 0 Å². The molecule has 0 atom stereocenters. The van der Waals surface area contributed by atoms with Crippen LogP contribution in [0.25, 0.3) is 6.08 Å². The van der Waals surface area contributed by atoms with Gasteiger partial charge in [0.1, 0.15) is 0 Å². The van der Waals surface area contributed by atoms with E-state index in [-0.39, 0.29) is 0 Å². The first-order valence-corrected chi connectivity index (χ1v) is 9.70. The van der Waals surface area contributed by atoms with Crippen LogP contribution in [0.15, 0.2) is 36.4 Å². The van der Waals surface area contributed by atoms with Gasteiger partial charge in [-0.15, -0.1) is 11.6 Å². The normalized spacial score (nSPS) is 12.2. The molecule has 0 N–H and O–H groups in total. The van der Waals surface area contributed by atoms with Crippen molar-refractivity contribution in [2.75, 3.05) is 12.5 Å². The molecule has 17 heavy (non-hydrogen) atoms. The second kappa shape index (κ2) is 7.70. The Labute approximate surface area is 111 Å². The smallest absolute Gasteiger partial charge is 0.187 e. The summed E-state index contributed by atoms with van der Waals surface area (Å²) >= 11 is 5.70. The number of hydrogen-bond acceptors (Lipinski definition) is 1. The molecule has 94 valence electrons. The van der Waals surface area contributed by atoms with Crippen molar-refractivity contribution < 1.29 is 4.43 Å². The molecule has 0 radical (unpaired) electrons. The summed E-state index contributed by atoms with van der Waals surface area (Å²) < 4.78 is 5.95. The fourth-order valence-corrected chi connectivity index (χ4v) is 3.66. The van der Waals surface area contributed by atoms with E-state index >= 15 is 0 Å². The highest BCUT2D eigenvalue weighted by Crippen LogP contribution is 2.14. The molecule has 0 aromatic heterocycles. The molecule has 0 saturated heterocycles. The van der Waals surface area contributed by atoms with E-state index in [1.807, 2.05) is 18.2 Å². The van der Waals surface area contributed by atoms with E-state index in [1.165, 1.54) is 5.56 Å². The fraction of sp³-hybridized carbons (Fsp3) is 0.429. The molecule has 0 aliphatic rings. The molecule has 0 aliphatic heterocycles. The van der Waals surface area contributed by atoms with Gasteiger partial charge in [0.25, 0.3) is 0 Å². The standard InChI is InChI=1S/C14H21ClOSi/c1-17(2,13-7-11-15)16-12-6-10-14-8-4-3-5-9-14/h3-6,8-10H,7,11-13H2,1-2H3/b10-6+. The van der Waals surface area contributed by atoms with E-state index in [4.69, 9.17) is 16.0 Å². The maximum absolute atomic E-state index is 5.95. The van der Waals surface area contributed by atoms with Gasteiger partial charge < -0.3 is 4.43 Å². The Kier molecular flexibility index (Phi) is 6.56. The minimum atomic E-state index is -1.50. The van der Waals surface area contributed by atoms with Crippen molar-refractivity contribution in [3.63, 3.8) is 0 Å². The van der Waals surface area contributed by atoms with E-state index < -0.39 is 8.32 Å². The van der Waals surface area contributed by atoms with Crippen LogP contribution in [-0.2, 0) is 4.43 Å². The Morgan fingerprint density at radius 2 is 1.94 bits per heavy atom. The van der Waals surface area contributed by atoms with E-state index in [0.29, 0.717) is 6.61 Å². The van der Waals surface area contributed by atoms with Crippen LogP contribution in [0.1, 0.15) is 12.0 Å². The SMILES string of the molecule is C[Si](C)(CCCCl)OC/C=C/c1ccccc1. The maximum Gasteiger partial charge on any atom is 0.187 e. The molecule has 0 fully saturated rings. The summed E-state index contributed by atoms with van der Waals surface area (Å²) in [7, 11) is -1.50. The molecule has 1 rings (SSSR count). The Morgan fingerprint density at radius 3 is 2.59 bits per heavy atom. The molecule has 0 saturated carbocycles. The zero-order chi connectivity index (χ0) is 12.6. The van der Waals surface area contributed by atoms with Gasteiger partial charge >= 0.3 is 0 Å². The Morgan fingerprint density at radius 1 is 1.24 bits per heavy atom. The summed E-state index contributed by atoms with van der Waals surface area (Å²) in [6, 6.07) is 11.4. The molecule has 0 heterocycles. The lowest BCUT2D eigenvalue weighted by molar-refractivity contribution is 0.352. The molecule has 0 aliphatic carbocycles. The molecule has 0 spiro atoms. The third-order valence-corrected chi connectivity index (χ3v) is 5.37. The lowest BCUT2D eigenvalue weighted by Crippen LogP contribution is -2.30. The van der Waals surface area contributed by atoms with Crippen molar-refractivity contribution >= 4 is 26.0 Å². The molecule has 3 heteroatoms. The van der Waals surface area contributed by atoms with Crippen LogP contribution in [0.3, 0.4) is 0 Å². The maximum atomic E-state index is 5.95. The second-order valence-corrected chi connectivity index (χ2v) is 9.36. The van der Waals surface area contributed by atoms with Crippen LogP contribution in [0.4, 0.5) is 0 Å². The largest absolute Gasteiger partial charge is 0.414 e. The zero-order valence-electron chi connectivity index (χ0n) is 10.7. The molecular formula is C14H21ClOSi. The van der Waals surface area contributed by atoms with Gasteiger partial charge in [0.05, 0.1) is 6.61 Å². The first-order valence-electron chi connectivity index (χ1n) is 6.05. The van der Waals surface area contributed by atoms with Crippen molar-refractivity contribution in [2.24, 2.45) is 0 Å². The quantitative estimate of drug-likeness (QED) is 0.521. The van der Waals surface area contributed by atoms with Crippen LogP contribution in [-0.4, -0.2) is 20.8 Å². The number of alkyl halides is 1. The van der Waals surface area contributed by atoms with Gasteiger partial charge in [-0.2, -0.15) is 0 Å². The topological polar surface area (TPSA) is 9.23 Å². The molecule has 0 bridgehead atoms. The van der Waals surface area contributed by atoms with Crippen LogP contribution >= 0.6 is 11.6 Å². The predicted octanol–water partition coefficient (Wildman–Crippen LogP) is 4.55. The minimum Gasteiger partial charge on any atom is -0.414 e. The average molecular weight is 269 g/mol. The third-order valence-electron chi connectivity index (χ3n) is 2.59. The highest BCUT2D eigenvalue weighted by atomic mass is 35.5. The minimum absolute atomic E-state index is 0.705. The van der Waals surface area contributed by atoms with Crippen molar-refractivity contribution in [2.45, 2.75) is 25.6 Å². The summed E-state index contributed by atoms with van der Waals surface area (Å²) in [5.74, 6) is 0.736. The second-order valence-electron chi connectivity index (χ2n) is 4.68. The number of hydrogen-bond donors (Lipinski definition) is 0. The van der Waals surface area contributed by atoms with Crippen LogP contribution in [0.5, 0.6) is 0 Å². The Bertz CT molecular complexity index is 335. The summed E-state index contributed by atoms with van der Waals surface area (Å²) in [5.41, 5.74) is 1.22. The van der Waals surface area contributed by atoms with E-state index in [9.17, 15) is 0 Å². The summed E-state index contributed by atoms with van der Waals surface area (Å²) in [6.45, 7) is 5.20. The molecular weight excluding hydrogens is 248 g/mol. The summed E-state index contributed by atoms with van der Waals surface area (Å²) in [6.07, 6.45) is 5.25. The first kappa shape index (κ1) is 14.5. The predicted molar refractivity (Wildman–Crippen MR) is 79.1 cm³/mol. The van der Waals surface area contributed by atoms with Gasteiger partial charge in [-0.1, -0.05) is 42.5 Å². The lowest BCUT2D eigenvalue weighted by atomic mass is 10.2. The molecule has 1 aromatic rings. The number of halogens is 1. The van der Waals surface area contributed by atoms with Gasteiger partial charge in [-0.3, -0.25) is 0 Å². The van der Waals surface area contributed by atoms with Gasteiger partial charge in [0.15, 0.2) is 8.32 Å². The third kappa shape index (κ3) is 6.67. The van der Waals surface area contributed by atoms with Gasteiger partial charge in [0, 0.05) is 5.88 Å². The van der Waals surface area contributed by atoms with Gasteiger partial charge in [-0.05, 0) is 31.1 Å². The Hall–Kier alpha value is -0.573. The number of rotatable bonds is 7. The van der Waals surface area contributed by atoms with Crippen molar-refractivity contribution in [3.05, 3.63) is 42.0 Å². The molecule has 1 nitrogen and oxygen atoms in total. The van der Waals surface area contributed by atoms with Crippen molar-refractivity contribution in [1.29, 1.82) is 0 Å². The highest BCUT2D eigenvalue weighted by Gasteiger charge is 2.20. The fourth-order valence-electron chi connectivity index (χ4n) is 1.59. The first-order chi connectivity index (χ1) is 8.14. The summed E-state index contributed by atoms with van der Waals surface area (Å²) in [5, 5.41) is 0. The number of benzene rings is 1. The monoisotopic (exact) mass is 268 g/mol.